The van der Waals surface area contributed by atoms with Gasteiger partial charge in [-0.3, -0.25) is 9.36 Å². The number of phenols is 1. The number of hydrogen-bond donors (Lipinski definition) is 3. The minimum Gasteiger partial charge on any atom is -0.508 e. The number of para-hydroxylation sites is 2. The molecule has 0 radical (unpaired) electrons. The second-order valence-corrected chi connectivity index (χ2v) is 7.72. The number of imidazole rings is 2. The molecule has 3 aromatic heterocycles. The number of nitrogens with one attached hydrogen (secondary N) is 2. The first-order chi connectivity index (χ1) is 17.1. The molecule has 5 rings (SSSR count). The molecule has 0 unspecified atom stereocenters. The van der Waals surface area contributed by atoms with Crippen molar-refractivity contribution in [3.05, 3.63) is 61.2 Å². The monoisotopic (exact) mass is 472 g/mol. The van der Waals surface area contributed by atoms with Gasteiger partial charge in [0.05, 0.1) is 24.0 Å². The quantitative estimate of drug-likeness (QED) is 0.168. The van der Waals surface area contributed by atoms with Crippen LogP contribution in [-0.2, 0) is 16.1 Å². The zero-order valence-corrected chi connectivity index (χ0v) is 19.0. The van der Waals surface area contributed by atoms with Crippen LogP contribution in [-0.4, -0.2) is 59.8 Å². The molecule has 3 N–H and O–H groups in total. The molecule has 0 atom stereocenters. The van der Waals surface area contributed by atoms with E-state index in [1.807, 2.05) is 28.8 Å². The highest BCUT2D eigenvalue weighted by molar-refractivity contribution is 5.85. The number of phenolic OH excluding ortho intramolecular Hbond substituents is 1. The standard InChI is InChI=1S/C24H24N8O3/c1-2-35-20(34)13-31-14-28-21-22(31)29-24(26-12-11-25-16-7-9-17(33)10-8-16)30-23(21)32-15-27-18-5-3-4-6-19(18)32/h3-10,14-15,25,33H,2,11-13H2,1H3,(H,26,29,30). The van der Waals surface area contributed by atoms with E-state index < -0.39 is 0 Å². The molecule has 0 saturated carbocycles. The van der Waals surface area contributed by atoms with E-state index in [1.54, 1.807) is 48.4 Å². The molecule has 0 bridgehead atoms. The third-order valence-corrected chi connectivity index (χ3v) is 5.34. The van der Waals surface area contributed by atoms with Gasteiger partial charge in [0.2, 0.25) is 5.95 Å². The lowest BCUT2D eigenvalue weighted by Crippen LogP contribution is -2.17. The fraction of sp³-hybridized carbons (Fsp3) is 0.208. The van der Waals surface area contributed by atoms with Crippen LogP contribution in [0.5, 0.6) is 5.75 Å². The van der Waals surface area contributed by atoms with Crippen molar-refractivity contribution in [3.8, 4) is 11.6 Å². The Balaban J connectivity index is 1.45. The van der Waals surface area contributed by atoms with Gasteiger partial charge in [-0.2, -0.15) is 9.97 Å². The average molecular weight is 473 g/mol. The lowest BCUT2D eigenvalue weighted by Gasteiger charge is -2.11. The molecule has 0 fully saturated rings. The lowest BCUT2D eigenvalue weighted by atomic mass is 10.3. The first-order valence-corrected chi connectivity index (χ1v) is 11.2. The van der Waals surface area contributed by atoms with Crippen molar-refractivity contribution >= 4 is 39.8 Å². The van der Waals surface area contributed by atoms with Crippen LogP contribution < -0.4 is 10.6 Å². The van der Waals surface area contributed by atoms with Gasteiger partial charge in [-0.05, 0) is 43.3 Å². The number of nitrogens with zero attached hydrogens (tertiary/aromatic N) is 6. The van der Waals surface area contributed by atoms with Crippen LogP contribution in [0, 0.1) is 0 Å². The van der Waals surface area contributed by atoms with Crippen molar-refractivity contribution < 1.29 is 14.6 Å². The second kappa shape index (κ2) is 9.67. The Morgan fingerprint density at radius 1 is 1.00 bits per heavy atom. The highest BCUT2D eigenvalue weighted by Gasteiger charge is 2.18. The van der Waals surface area contributed by atoms with E-state index in [0.717, 1.165) is 16.7 Å². The molecule has 0 amide bonds. The topological polar surface area (TPSA) is 132 Å². The average Bonchev–Trinajstić information content (AvgIpc) is 3.47. The van der Waals surface area contributed by atoms with Crippen molar-refractivity contribution in [2.45, 2.75) is 13.5 Å². The Kier molecular flexibility index (Phi) is 6.12. The summed E-state index contributed by atoms with van der Waals surface area (Å²) in [6.07, 6.45) is 3.27. The van der Waals surface area contributed by atoms with E-state index in [-0.39, 0.29) is 18.3 Å². The summed E-state index contributed by atoms with van der Waals surface area (Å²) in [7, 11) is 0. The minimum absolute atomic E-state index is 0.00663. The largest absolute Gasteiger partial charge is 0.508 e. The van der Waals surface area contributed by atoms with Gasteiger partial charge in [0.25, 0.3) is 0 Å². The summed E-state index contributed by atoms with van der Waals surface area (Å²) in [4.78, 5) is 30.5. The predicted octanol–water partition coefficient (Wildman–Crippen LogP) is 2.96. The van der Waals surface area contributed by atoms with Crippen LogP contribution in [0.2, 0.25) is 0 Å². The second-order valence-electron chi connectivity index (χ2n) is 7.72. The minimum atomic E-state index is -0.368. The Labute approximate surface area is 200 Å². The highest BCUT2D eigenvalue weighted by atomic mass is 16.5. The van der Waals surface area contributed by atoms with Crippen LogP contribution in [0.15, 0.2) is 61.2 Å². The normalized spacial score (nSPS) is 11.1. The summed E-state index contributed by atoms with van der Waals surface area (Å²) in [5, 5.41) is 15.9. The molecule has 35 heavy (non-hydrogen) atoms. The van der Waals surface area contributed by atoms with E-state index in [4.69, 9.17) is 9.72 Å². The summed E-state index contributed by atoms with van der Waals surface area (Å²) >= 11 is 0. The Hall–Kier alpha value is -4.67. The summed E-state index contributed by atoms with van der Waals surface area (Å²) in [5.74, 6) is 0.797. The molecule has 11 heteroatoms. The number of carbonyl (C=O) groups is 1. The maximum atomic E-state index is 12.1. The number of anilines is 2. The zero-order valence-electron chi connectivity index (χ0n) is 19.0. The maximum absolute atomic E-state index is 12.1. The summed E-state index contributed by atoms with van der Waals surface area (Å²) < 4.78 is 8.61. The molecule has 0 aliphatic carbocycles. The number of fused-ring (bicyclic) bond motifs is 2. The smallest absolute Gasteiger partial charge is 0.326 e. The van der Waals surface area contributed by atoms with Crippen LogP contribution in [0.25, 0.3) is 28.0 Å². The van der Waals surface area contributed by atoms with E-state index in [1.165, 1.54) is 0 Å². The van der Waals surface area contributed by atoms with E-state index in [0.29, 0.717) is 42.6 Å². The Bertz CT molecular complexity index is 1480. The number of esters is 1. The third kappa shape index (κ3) is 4.69. The summed E-state index contributed by atoms with van der Waals surface area (Å²) in [6.45, 7) is 3.18. The molecule has 11 nitrogen and oxygen atoms in total. The molecule has 0 saturated heterocycles. The maximum Gasteiger partial charge on any atom is 0.326 e. The van der Waals surface area contributed by atoms with Crippen LogP contribution in [0.1, 0.15) is 6.92 Å². The van der Waals surface area contributed by atoms with Gasteiger partial charge in [-0.25, -0.2) is 9.97 Å². The van der Waals surface area contributed by atoms with E-state index in [2.05, 4.69) is 25.6 Å². The van der Waals surface area contributed by atoms with Gasteiger partial charge in [-0.15, -0.1) is 0 Å². The fourth-order valence-electron chi connectivity index (χ4n) is 3.73. The lowest BCUT2D eigenvalue weighted by molar-refractivity contribution is -0.143. The molecule has 0 aliphatic heterocycles. The number of carbonyl (C=O) groups excluding carboxylic acids is 1. The van der Waals surface area contributed by atoms with Crippen molar-refractivity contribution in [1.82, 2.24) is 29.1 Å². The molecular formula is C24H24N8O3. The Morgan fingerprint density at radius 3 is 2.63 bits per heavy atom. The van der Waals surface area contributed by atoms with Crippen molar-refractivity contribution in [1.29, 1.82) is 0 Å². The van der Waals surface area contributed by atoms with Gasteiger partial charge < -0.3 is 25.0 Å². The van der Waals surface area contributed by atoms with Gasteiger partial charge >= 0.3 is 5.97 Å². The third-order valence-electron chi connectivity index (χ3n) is 5.34. The van der Waals surface area contributed by atoms with E-state index in [9.17, 15) is 9.90 Å². The number of ether oxygens (including phenoxy) is 1. The molecule has 5 aromatic rings. The number of aromatic nitrogens is 6. The predicted molar refractivity (Wildman–Crippen MR) is 132 cm³/mol. The number of benzene rings is 2. The van der Waals surface area contributed by atoms with Gasteiger partial charge in [-0.1, -0.05) is 12.1 Å². The molecule has 2 aromatic carbocycles. The molecular weight excluding hydrogens is 448 g/mol. The fourth-order valence-corrected chi connectivity index (χ4v) is 3.73. The number of hydrogen-bond acceptors (Lipinski definition) is 9. The molecule has 3 heterocycles. The van der Waals surface area contributed by atoms with Crippen molar-refractivity contribution in [2.75, 3.05) is 30.3 Å². The van der Waals surface area contributed by atoms with Gasteiger partial charge in [0, 0.05) is 18.8 Å². The molecule has 0 spiro atoms. The molecule has 178 valence electrons. The first kappa shape index (κ1) is 22.1. The SMILES string of the molecule is CCOC(=O)Cn1cnc2c(-n3cnc4ccccc43)nc(NCCNc3ccc(O)cc3)nc21. The Morgan fingerprint density at radius 2 is 1.80 bits per heavy atom. The van der Waals surface area contributed by atoms with Gasteiger partial charge in [0.15, 0.2) is 17.0 Å². The van der Waals surface area contributed by atoms with Crippen LogP contribution >= 0.6 is 0 Å². The summed E-state index contributed by atoms with van der Waals surface area (Å²) in [6, 6.07) is 14.6. The first-order valence-electron chi connectivity index (χ1n) is 11.2. The van der Waals surface area contributed by atoms with Gasteiger partial charge in [0.1, 0.15) is 18.6 Å². The van der Waals surface area contributed by atoms with Crippen molar-refractivity contribution in [3.63, 3.8) is 0 Å². The van der Waals surface area contributed by atoms with Crippen molar-refractivity contribution in [2.24, 2.45) is 0 Å². The number of aromatic hydroxyl groups is 1. The van der Waals surface area contributed by atoms with Crippen LogP contribution in [0.3, 0.4) is 0 Å². The summed E-state index contributed by atoms with van der Waals surface area (Å²) in [5.41, 5.74) is 3.66. The molecule has 0 aliphatic rings. The number of rotatable bonds is 9. The zero-order chi connectivity index (χ0) is 24.2. The van der Waals surface area contributed by atoms with Crippen LogP contribution in [0.4, 0.5) is 11.6 Å². The highest BCUT2D eigenvalue weighted by Crippen LogP contribution is 2.24. The van der Waals surface area contributed by atoms with E-state index >= 15 is 0 Å².